The van der Waals surface area contributed by atoms with Crippen LogP contribution in [0.3, 0.4) is 0 Å². The summed E-state index contributed by atoms with van der Waals surface area (Å²) in [7, 11) is 0. The minimum absolute atomic E-state index is 0. The topological polar surface area (TPSA) is 47.0 Å². The van der Waals surface area contributed by atoms with Crippen molar-refractivity contribution in [3.05, 3.63) is 29.3 Å². The summed E-state index contributed by atoms with van der Waals surface area (Å²) in [5.41, 5.74) is 3.91. The second-order valence-corrected chi connectivity index (χ2v) is 3.60. The molecule has 0 aromatic heterocycles. The van der Waals surface area contributed by atoms with Gasteiger partial charge in [-0.1, -0.05) is 6.07 Å². The lowest BCUT2D eigenvalue weighted by molar-refractivity contribution is 0.899. The predicted molar refractivity (Wildman–Crippen MR) is 59.7 cm³/mol. The van der Waals surface area contributed by atoms with Crippen LogP contribution in [-0.2, 0) is 0 Å². The van der Waals surface area contributed by atoms with Crippen molar-refractivity contribution < 1.29 is 0 Å². The lowest BCUT2D eigenvalue weighted by atomic mass is 10.1. The van der Waals surface area contributed by atoms with E-state index in [2.05, 4.69) is 51.2 Å². The van der Waals surface area contributed by atoms with Gasteiger partial charge in [0.25, 0.3) is 0 Å². The highest BCUT2D eigenvalue weighted by Crippen LogP contribution is 2.14. The molecular formula is C11H20N2. The first kappa shape index (κ1) is 12.0. The van der Waals surface area contributed by atoms with E-state index < -0.39 is 0 Å². The van der Waals surface area contributed by atoms with Crippen molar-refractivity contribution in [1.82, 2.24) is 6.15 Å². The van der Waals surface area contributed by atoms with Crippen LogP contribution < -0.4 is 11.5 Å². The van der Waals surface area contributed by atoms with Gasteiger partial charge in [-0.3, -0.25) is 0 Å². The first-order chi connectivity index (χ1) is 5.59. The van der Waals surface area contributed by atoms with E-state index in [1.807, 2.05) is 0 Å². The Morgan fingerprint density at radius 3 is 2.15 bits per heavy atom. The molecule has 74 valence electrons. The third-order valence-corrected chi connectivity index (χ3v) is 1.96. The Bertz CT molecular complexity index is 267. The minimum atomic E-state index is 0. The van der Waals surface area contributed by atoms with Crippen LogP contribution in [0.4, 0.5) is 5.69 Å². The summed E-state index contributed by atoms with van der Waals surface area (Å²) in [5.74, 6) is 0. The molecule has 4 N–H and O–H groups in total. The van der Waals surface area contributed by atoms with Gasteiger partial charge in [0.15, 0.2) is 0 Å². The van der Waals surface area contributed by atoms with Crippen molar-refractivity contribution in [1.29, 1.82) is 0 Å². The van der Waals surface area contributed by atoms with Crippen LogP contribution in [-0.4, -0.2) is 6.04 Å². The number of anilines is 1. The third-order valence-electron chi connectivity index (χ3n) is 1.96. The second-order valence-electron chi connectivity index (χ2n) is 3.60. The molecule has 0 amide bonds. The molecule has 0 aliphatic rings. The van der Waals surface area contributed by atoms with E-state index >= 15 is 0 Å². The molecule has 0 saturated carbocycles. The van der Waals surface area contributed by atoms with Gasteiger partial charge in [-0.2, -0.15) is 0 Å². The van der Waals surface area contributed by atoms with E-state index in [4.69, 9.17) is 0 Å². The van der Waals surface area contributed by atoms with Gasteiger partial charge in [0, 0.05) is 11.7 Å². The van der Waals surface area contributed by atoms with Crippen molar-refractivity contribution in [2.75, 3.05) is 5.32 Å². The van der Waals surface area contributed by atoms with Gasteiger partial charge in [-0.05, 0) is 51.0 Å². The number of hydrogen-bond acceptors (Lipinski definition) is 2. The van der Waals surface area contributed by atoms with Crippen LogP contribution in [0.2, 0.25) is 0 Å². The second kappa shape index (κ2) is 4.87. The van der Waals surface area contributed by atoms with Crippen LogP contribution in [0.1, 0.15) is 25.0 Å². The van der Waals surface area contributed by atoms with Crippen LogP contribution in [0.25, 0.3) is 0 Å². The quantitative estimate of drug-likeness (QED) is 0.733. The molecule has 2 nitrogen and oxygen atoms in total. The Labute approximate surface area is 80.9 Å². The number of hydrogen-bond donors (Lipinski definition) is 2. The monoisotopic (exact) mass is 180 g/mol. The van der Waals surface area contributed by atoms with Crippen LogP contribution >= 0.6 is 0 Å². The number of rotatable bonds is 2. The fourth-order valence-electron chi connectivity index (χ4n) is 1.16. The summed E-state index contributed by atoms with van der Waals surface area (Å²) >= 11 is 0. The summed E-state index contributed by atoms with van der Waals surface area (Å²) in [6, 6.07) is 6.98. The summed E-state index contributed by atoms with van der Waals surface area (Å²) in [6.45, 7) is 8.57. The molecular weight excluding hydrogens is 160 g/mol. The van der Waals surface area contributed by atoms with Gasteiger partial charge in [-0.15, -0.1) is 0 Å². The smallest absolute Gasteiger partial charge is 0.0344 e. The van der Waals surface area contributed by atoms with Crippen molar-refractivity contribution in [3.8, 4) is 0 Å². The number of aryl methyl sites for hydroxylation is 2. The van der Waals surface area contributed by atoms with Crippen molar-refractivity contribution in [2.24, 2.45) is 0 Å². The van der Waals surface area contributed by atoms with E-state index in [0.717, 1.165) is 0 Å². The Kier molecular flexibility index (Phi) is 4.49. The lowest BCUT2D eigenvalue weighted by Gasteiger charge is -2.11. The van der Waals surface area contributed by atoms with Crippen LogP contribution in [0, 0.1) is 13.8 Å². The minimum Gasteiger partial charge on any atom is -0.383 e. The molecule has 13 heavy (non-hydrogen) atoms. The van der Waals surface area contributed by atoms with Gasteiger partial charge in [-0.25, -0.2) is 0 Å². The maximum Gasteiger partial charge on any atom is 0.0344 e. The molecule has 0 unspecified atom stereocenters. The molecule has 2 heteroatoms. The predicted octanol–water partition coefficient (Wildman–Crippen LogP) is 3.29. The average Bonchev–Trinajstić information content (AvgIpc) is 1.96. The van der Waals surface area contributed by atoms with E-state index in [1.165, 1.54) is 16.8 Å². The van der Waals surface area contributed by atoms with Crippen LogP contribution in [0.15, 0.2) is 18.2 Å². The van der Waals surface area contributed by atoms with E-state index in [1.54, 1.807) is 0 Å². The van der Waals surface area contributed by atoms with Gasteiger partial charge < -0.3 is 11.5 Å². The van der Waals surface area contributed by atoms with Crippen LogP contribution in [0.5, 0.6) is 0 Å². The number of nitrogens with one attached hydrogen (secondary N) is 1. The molecule has 1 aromatic rings. The zero-order valence-electron chi connectivity index (χ0n) is 9.02. The van der Waals surface area contributed by atoms with Gasteiger partial charge in [0.1, 0.15) is 0 Å². The fourth-order valence-corrected chi connectivity index (χ4v) is 1.16. The highest BCUT2D eigenvalue weighted by atomic mass is 14.9. The molecule has 0 fully saturated rings. The van der Waals surface area contributed by atoms with Crippen molar-refractivity contribution in [3.63, 3.8) is 0 Å². The summed E-state index contributed by atoms with van der Waals surface area (Å²) < 4.78 is 0. The van der Waals surface area contributed by atoms with Crippen molar-refractivity contribution >= 4 is 5.69 Å². The summed E-state index contributed by atoms with van der Waals surface area (Å²) in [4.78, 5) is 0. The van der Waals surface area contributed by atoms with Gasteiger partial charge in [0.05, 0.1) is 0 Å². The maximum atomic E-state index is 3.37. The highest BCUT2D eigenvalue weighted by Gasteiger charge is 1.96. The first-order valence-electron chi connectivity index (χ1n) is 4.43. The third kappa shape index (κ3) is 3.47. The zero-order valence-corrected chi connectivity index (χ0v) is 9.02. The van der Waals surface area contributed by atoms with E-state index in [0.29, 0.717) is 6.04 Å². The standard InChI is InChI=1S/C11H17N.H3N/c1-8(2)12-11-6-5-9(3)10(4)7-11;/h5-8,12H,1-4H3;1H3. The Hall–Kier alpha value is -1.02. The maximum absolute atomic E-state index is 3.37. The van der Waals surface area contributed by atoms with E-state index in [-0.39, 0.29) is 6.15 Å². The van der Waals surface area contributed by atoms with Gasteiger partial charge >= 0.3 is 0 Å². The zero-order chi connectivity index (χ0) is 9.14. The first-order valence-corrected chi connectivity index (χ1v) is 4.43. The Balaban J connectivity index is 0.00000144. The molecule has 0 spiro atoms. The normalized spacial score (nSPS) is 9.62. The SMILES string of the molecule is Cc1ccc(NC(C)C)cc1C.N. The Morgan fingerprint density at radius 2 is 1.69 bits per heavy atom. The highest BCUT2D eigenvalue weighted by molar-refractivity contribution is 5.48. The molecule has 1 rings (SSSR count). The molecule has 0 heterocycles. The molecule has 0 atom stereocenters. The fraction of sp³-hybridized carbons (Fsp3) is 0.455. The summed E-state index contributed by atoms with van der Waals surface area (Å²) in [5, 5.41) is 3.37. The summed E-state index contributed by atoms with van der Waals surface area (Å²) in [6.07, 6.45) is 0. The molecule has 0 saturated heterocycles. The molecule has 0 bridgehead atoms. The lowest BCUT2D eigenvalue weighted by Crippen LogP contribution is -2.09. The van der Waals surface area contributed by atoms with Gasteiger partial charge in [0.2, 0.25) is 0 Å². The number of benzene rings is 1. The molecule has 0 aliphatic heterocycles. The molecule has 0 aliphatic carbocycles. The van der Waals surface area contributed by atoms with Crippen molar-refractivity contribution in [2.45, 2.75) is 33.7 Å². The van der Waals surface area contributed by atoms with E-state index in [9.17, 15) is 0 Å². The molecule has 1 aromatic carbocycles. The largest absolute Gasteiger partial charge is 0.383 e. The molecule has 0 radical (unpaired) electrons. The Morgan fingerprint density at radius 1 is 1.08 bits per heavy atom. The average molecular weight is 180 g/mol.